The van der Waals surface area contributed by atoms with E-state index >= 15 is 0 Å². The molecule has 1 N–H and O–H groups in total. The summed E-state index contributed by atoms with van der Waals surface area (Å²) >= 11 is 0. The number of ketones is 1. The number of hydrogen-bond acceptors (Lipinski definition) is 2. The molecular formula is C21H21N2O2+. The zero-order valence-corrected chi connectivity index (χ0v) is 14.0. The Bertz CT molecular complexity index is 868. The van der Waals surface area contributed by atoms with E-state index in [9.17, 15) is 9.90 Å². The van der Waals surface area contributed by atoms with Crippen LogP contribution in [0, 0.1) is 5.92 Å². The van der Waals surface area contributed by atoms with Crippen molar-refractivity contribution in [3.8, 4) is 0 Å². The maximum Gasteiger partial charge on any atom is 0.185 e. The van der Waals surface area contributed by atoms with Gasteiger partial charge in [-0.05, 0) is 24.1 Å². The first kappa shape index (κ1) is 15.8. The van der Waals surface area contributed by atoms with Gasteiger partial charge in [0.15, 0.2) is 24.7 Å². The van der Waals surface area contributed by atoms with Crippen molar-refractivity contribution in [2.45, 2.75) is 25.6 Å². The fourth-order valence-corrected chi connectivity index (χ4v) is 3.53. The van der Waals surface area contributed by atoms with E-state index in [0.29, 0.717) is 12.1 Å². The minimum absolute atomic E-state index is 0.0322. The highest BCUT2D eigenvalue weighted by Gasteiger charge is 2.33. The SMILES string of the molecule is O=C1c2cccn2CC[C@@H]1[C@H](O)c1cc[n+](Cc2ccccc2)cc1. The zero-order chi connectivity index (χ0) is 17.2. The number of nitrogens with zero attached hydrogens (tertiary/aromatic N) is 2. The van der Waals surface area contributed by atoms with Gasteiger partial charge in [0.1, 0.15) is 0 Å². The minimum atomic E-state index is -0.762. The van der Waals surface area contributed by atoms with Crippen molar-refractivity contribution in [3.63, 3.8) is 0 Å². The van der Waals surface area contributed by atoms with Crippen LogP contribution < -0.4 is 4.57 Å². The number of aliphatic hydroxyl groups is 1. The number of aliphatic hydroxyl groups excluding tert-OH is 1. The number of hydrogen-bond donors (Lipinski definition) is 1. The van der Waals surface area contributed by atoms with Crippen molar-refractivity contribution in [3.05, 3.63) is 90.0 Å². The zero-order valence-electron chi connectivity index (χ0n) is 14.0. The number of carbonyl (C=O) groups excluding carboxylic acids is 1. The molecule has 2 aromatic heterocycles. The summed E-state index contributed by atoms with van der Waals surface area (Å²) in [5.74, 6) is -0.336. The molecule has 4 heteroatoms. The fraction of sp³-hybridized carbons (Fsp3) is 0.238. The Hall–Kier alpha value is -2.72. The number of Topliss-reactive ketones (excluding diaryl/α,β-unsaturated/α-hetero) is 1. The molecule has 4 rings (SSSR count). The molecule has 0 spiro atoms. The highest BCUT2D eigenvalue weighted by Crippen LogP contribution is 2.31. The Balaban J connectivity index is 1.49. The smallest absolute Gasteiger partial charge is 0.185 e. The topological polar surface area (TPSA) is 46.1 Å². The molecule has 126 valence electrons. The Labute approximate surface area is 147 Å². The molecule has 0 saturated carbocycles. The quantitative estimate of drug-likeness (QED) is 0.746. The van der Waals surface area contributed by atoms with Crippen LogP contribution in [-0.4, -0.2) is 15.5 Å². The molecule has 3 aromatic rings. The number of fused-ring (bicyclic) bond motifs is 1. The van der Waals surface area contributed by atoms with E-state index in [1.807, 2.05) is 65.6 Å². The molecule has 0 fully saturated rings. The second kappa shape index (κ2) is 6.65. The van der Waals surface area contributed by atoms with E-state index in [4.69, 9.17) is 0 Å². The van der Waals surface area contributed by atoms with E-state index in [1.165, 1.54) is 5.56 Å². The highest BCUT2D eigenvalue weighted by molar-refractivity contribution is 5.97. The average Bonchev–Trinajstić information content (AvgIpc) is 3.13. The van der Waals surface area contributed by atoms with Crippen molar-refractivity contribution in [1.82, 2.24) is 4.57 Å². The van der Waals surface area contributed by atoms with Crippen molar-refractivity contribution in [2.24, 2.45) is 5.92 Å². The summed E-state index contributed by atoms with van der Waals surface area (Å²) in [5, 5.41) is 10.7. The van der Waals surface area contributed by atoms with Gasteiger partial charge in [0.05, 0.1) is 17.7 Å². The maximum atomic E-state index is 12.6. The molecule has 25 heavy (non-hydrogen) atoms. The Morgan fingerprint density at radius 1 is 1.08 bits per heavy atom. The van der Waals surface area contributed by atoms with Crippen molar-refractivity contribution in [1.29, 1.82) is 0 Å². The van der Waals surface area contributed by atoms with Crippen molar-refractivity contribution < 1.29 is 14.5 Å². The van der Waals surface area contributed by atoms with Gasteiger partial charge in [-0.3, -0.25) is 4.79 Å². The first-order valence-electron chi connectivity index (χ1n) is 8.63. The summed E-state index contributed by atoms with van der Waals surface area (Å²) in [6.45, 7) is 1.56. The van der Waals surface area contributed by atoms with Crippen LogP contribution in [0.2, 0.25) is 0 Å². The highest BCUT2D eigenvalue weighted by atomic mass is 16.3. The Morgan fingerprint density at radius 3 is 2.60 bits per heavy atom. The molecule has 3 heterocycles. The summed E-state index contributed by atoms with van der Waals surface area (Å²) in [7, 11) is 0. The summed E-state index contributed by atoms with van der Waals surface area (Å²) < 4.78 is 4.03. The van der Waals surface area contributed by atoms with Crippen molar-refractivity contribution in [2.75, 3.05) is 0 Å². The molecular weight excluding hydrogens is 312 g/mol. The first-order chi connectivity index (χ1) is 12.2. The molecule has 0 amide bonds. The van der Waals surface area contributed by atoms with Gasteiger partial charge in [0.25, 0.3) is 0 Å². The second-order valence-electron chi connectivity index (χ2n) is 6.58. The lowest BCUT2D eigenvalue weighted by Crippen LogP contribution is -2.34. The van der Waals surface area contributed by atoms with Gasteiger partial charge in [-0.1, -0.05) is 30.3 Å². The normalized spacial score (nSPS) is 18.0. The van der Waals surface area contributed by atoms with E-state index in [1.54, 1.807) is 0 Å². The molecule has 1 aliphatic heterocycles. The van der Waals surface area contributed by atoms with Gasteiger partial charge in [-0.25, -0.2) is 4.57 Å². The number of benzene rings is 1. The average molecular weight is 333 g/mol. The lowest BCUT2D eigenvalue weighted by atomic mass is 9.86. The molecule has 0 unspecified atom stereocenters. The monoisotopic (exact) mass is 333 g/mol. The van der Waals surface area contributed by atoms with Gasteiger partial charge in [0, 0.05) is 30.4 Å². The third kappa shape index (κ3) is 3.13. The van der Waals surface area contributed by atoms with Crippen LogP contribution in [-0.2, 0) is 13.1 Å². The number of aryl methyl sites for hydroxylation is 1. The predicted octanol–water partition coefficient (Wildman–Crippen LogP) is 2.76. The number of carbonyl (C=O) groups is 1. The first-order valence-corrected chi connectivity index (χ1v) is 8.63. The molecule has 0 radical (unpaired) electrons. The molecule has 4 nitrogen and oxygen atoms in total. The second-order valence-corrected chi connectivity index (χ2v) is 6.58. The van der Waals surface area contributed by atoms with Crippen LogP contribution in [0.4, 0.5) is 0 Å². The molecule has 0 aliphatic carbocycles. The molecule has 0 bridgehead atoms. The number of rotatable bonds is 4. The Morgan fingerprint density at radius 2 is 1.84 bits per heavy atom. The number of pyridine rings is 1. The minimum Gasteiger partial charge on any atom is -0.388 e. The third-order valence-corrected chi connectivity index (χ3v) is 4.95. The molecule has 0 saturated heterocycles. The van der Waals surface area contributed by atoms with Gasteiger partial charge in [0.2, 0.25) is 0 Å². The summed E-state index contributed by atoms with van der Waals surface area (Å²) in [4.78, 5) is 12.6. The van der Waals surface area contributed by atoms with Crippen LogP contribution in [0.1, 0.15) is 34.1 Å². The third-order valence-electron chi connectivity index (χ3n) is 4.95. The van der Waals surface area contributed by atoms with Crippen molar-refractivity contribution >= 4 is 5.78 Å². The lowest BCUT2D eigenvalue weighted by Gasteiger charge is -2.27. The summed E-state index contributed by atoms with van der Waals surface area (Å²) in [6, 6.07) is 17.8. The van der Waals surface area contributed by atoms with Gasteiger partial charge in [-0.2, -0.15) is 0 Å². The largest absolute Gasteiger partial charge is 0.388 e. The Kier molecular flexibility index (Phi) is 4.20. The van der Waals surface area contributed by atoms with Crippen LogP contribution >= 0.6 is 0 Å². The molecule has 1 aliphatic rings. The predicted molar refractivity (Wildman–Crippen MR) is 94.0 cm³/mol. The fourth-order valence-electron chi connectivity index (χ4n) is 3.53. The van der Waals surface area contributed by atoms with Crippen LogP contribution in [0.15, 0.2) is 73.2 Å². The number of aromatic nitrogens is 2. The van der Waals surface area contributed by atoms with E-state index in [-0.39, 0.29) is 11.7 Å². The standard InChI is InChI=1S/C21H21N2O2/c24-20(18-10-14-23-11-4-7-19(23)21(18)25)17-8-12-22(13-9-17)15-16-5-2-1-3-6-16/h1-9,11-13,18,20,24H,10,14-15H2/q+1/t18-,20-/m1/s1. The van der Waals surface area contributed by atoms with Gasteiger partial charge in [-0.15, -0.1) is 0 Å². The summed E-state index contributed by atoms with van der Waals surface area (Å²) in [6.07, 6.45) is 5.75. The molecule has 1 aromatic carbocycles. The van der Waals surface area contributed by atoms with E-state index in [2.05, 4.69) is 16.7 Å². The van der Waals surface area contributed by atoms with Gasteiger partial charge >= 0.3 is 0 Å². The maximum absolute atomic E-state index is 12.6. The lowest BCUT2D eigenvalue weighted by molar-refractivity contribution is -0.688. The van der Waals surface area contributed by atoms with E-state index in [0.717, 1.165) is 18.7 Å². The van der Waals surface area contributed by atoms with Crippen LogP contribution in [0.5, 0.6) is 0 Å². The molecule has 2 atom stereocenters. The van der Waals surface area contributed by atoms with Crippen LogP contribution in [0.25, 0.3) is 0 Å². The summed E-state index contributed by atoms with van der Waals surface area (Å²) in [5.41, 5.74) is 2.72. The van der Waals surface area contributed by atoms with Gasteiger partial charge < -0.3 is 9.67 Å². The van der Waals surface area contributed by atoms with E-state index < -0.39 is 6.10 Å². The van der Waals surface area contributed by atoms with Crippen LogP contribution in [0.3, 0.4) is 0 Å².